The first-order valence-corrected chi connectivity index (χ1v) is 7.20. The van der Waals surface area contributed by atoms with Gasteiger partial charge >= 0.3 is 6.61 Å². The van der Waals surface area contributed by atoms with Gasteiger partial charge in [-0.1, -0.05) is 38.5 Å². The third-order valence-electron chi connectivity index (χ3n) is 4.31. The molecule has 112 valence electrons. The van der Waals surface area contributed by atoms with Crippen molar-refractivity contribution in [1.82, 2.24) is 5.32 Å². The van der Waals surface area contributed by atoms with Gasteiger partial charge in [0, 0.05) is 17.6 Å². The van der Waals surface area contributed by atoms with Crippen LogP contribution in [0.5, 0.6) is 5.75 Å². The van der Waals surface area contributed by atoms with Gasteiger partial charge in [0.2, 0.25) is 0 Å². The number of rotatable bonds is 5. The largest absolute Gasteiger partial charge is 0.434 e. The highest BCUT2D eigenvalue weighted by Crippen LogP contribution is 2.39. The summed E-state index contributed by atoms with van der Waals surface area (Å²) in [6.45, 7) is 3.73. The minimum atomic E-state index is -2.79. The Balaban J connectivity index is 2.11. The molecular weight excluding hydrogens is 260 g/mol. The van der Waals surface area contributed by atoms with Crippen LogP contribution in [-0.4, -0.2) is 12.7 Å². The first-order chi connectivity index (χ1) is 9.40. The highest BCUT2D eigenvalue weighted by molar-refractivity contribution is 5.35. The molecule has 0 amide bonds. The van der Waals surface area contributed by atoms with Crippen LogP contribution in [0.4, 0.5) is 8.78 Å². The molecule has 20 heavy (non-hydrogen) atoms. The van der Waals surface area contributed by atoms with E-state index in [9.17, 15) is 8.78 Å². The Bertz CT molecular complexity index is 448. The molecule has 4 heteroatoms. The van der Waals surface area contributed by atoms with E-state index in [1.54, 1.807) is 12.1 Å². The normalized spacial score (nSPS) is 23.0. The minimum absolute atomic E-state index is 0.00711. The molecule has 0 aliphatic heterocycles. The number of hydrogen-bond donors (Lipinski definition) is 1. The van der Waals surface area contributed by atoms with Gasteiger partial charge in [0.1, 0.15) is 5.75 Å². The van der Waals surface area contributed by atoms with E-state index in [4.69, 9.17) is 0 Å². The summed E-state index contributed by atoms with van der Waals surface area (Å²) in [5.41, 5.74) is 1.04. The Kier molecular flexibility index (Phi) is 4.63. The smallest absolute Gasteiger partial charge is 0.387 e. The van der Waals surface area contributed by atoms with E-state index in [1.165, 1.54) is 12.8 Å². The summed E-state index contributed by atoms with van der Waals surface area (Å²) in [5.74, 6) is 0.262. The predicted molar refractivity (Wildman–Crippen MR) is 76.0 cm³/mol. The lowest BCUT2D eigenvalue weighted by Gasteiger charge is -2.31. The van der Waals surface area contributed by atoms with Gasteiger partial charge in [0.25, 0.3) is 0 Å². The van der Waals surface area contributed by atoms with E-state index in [1.807, 2.05) is 19.1 Å². The predicted octanol–water partition coefficient (Wildman–Crippen LogP) is 4.52. The third kappa shape index (κ3) is 3.48. The van der Waals surface area contributed by atoms with Crippen LogP contribution in [0.3, 0.4) is 0 Å². The van der Waals surface area contributed by atoms with Crippen LogP contribution in [0.2, 0.25) is 0 Å². The van der Waals surface area contributed by atoms with E-state index in [0.29, 0.717) is 6.04 Å². The second-order valence-corrected chi connectivity index (χ2v) is 6.24. The lowest BCUT2D eigenvalue weighted by atomic mass is 9.86. The van der Waals surface area contributed by atoms with Gasteiger partial charge in [0.15, 0.2) is 0 Å². The van der Waals surface area contributed by atoms with Crippen LogP contribution in [-0.2, 0) is 0 Å². The van der Waals surface area contributed by atoms with E-state index >= 15 is 0 Å². The molecule has 1 N–H and O–H groups in total. The zero-order valence-corrected chi connectivity index (χ0v) is 12.3. The lowest BCUT2D eigenvalue weighted by molar-refractivity contribution is -0.0507. The van der Waals surface area contributed by atoms with Gasteiger partial charge in [-0.2, -0.15) is 8.78 Å². The Morgan fingerprint density at radius 3 is 2.60 bits per heavy atom. The van der Waals surface area contributed by atoms with Crippen LogP contribution in [0.15, 0.2) is 24.3 Å². The third-order valence-corrected chi connectivity index (χ3v) is 4.31. The van der Waals surface area contributed by atoms with Crippen LogP contribution in [0.25, 0.3) is 0 Å². The quantitative estimate of drug-likeness (QED) is 0.858. The van der Waals surface area contributed by atoms with Crippen molar-refractivity contribution < 1.29 is 13.5 Å². The van der Waals surface area contributed by atoms with E-state index in [0.717, 1.165) is 12.0 Å². The molecule has 2 nitrogen and oxygen atoms in total. The molecular formula is C16H23F2NO. The van der Waals surface area contributed by atoms with Crippen molar-refractivity contribution in [3.8, 4) is 5.75 Å². The average molecular weight is 283 g/mol. The number of ether oxygens (including phenoxy) is 1. The molecule has 1 aromatic carbocycles. The SMILES string of the molecule is CC(NC1CCCC1(C)C)c1ccccc1OC(F)F. The highest BCUT2D eigenvalue weighted by atomic mass is 19.3. The van der Waals surface area contributed by atoms with E-state index in [2.05, 4.69) is 23.9 Å². The van der Waals surface area contributed by atoms with Crippen molar-refractivity contribution in [2.45, 2.75) is 58.7 Å². The molecule has 0 aromatic heterocycles. The maximum Gasteiger partial charge on any atom is 0.387 e. The monoisotopic (exact) mass is 283 g/mol. The van der Waals surface area contributed by atoms with E-state index < -0.39 is 6.61 Å². The molecule has 0 saturated heterocycles. The second kappa shape index (κ2) is 6.08. The number of nitrogens with one attached hydrogen (secondary N) is 1. The standard InChI is InChI=1S/C16H23F2NO/c1-11(19-14-9-6-10-16(14,2)3)12-7-4-5-8-13(12)20-15(17)18/h4-5,7-8,11,14-15,19H,6,9-10H2,1-3H3. The summed E-state index contributed by atoms with van der Waals surface area (Å²) in [5, 5.41) is 3.57. The van der Waals surface area contributed by atoms with Crippen LogP contribution in [0, 0.1) is 5.41 Å². The summed E-state index contributed by atoms with van der Waals surface area (Å²) in [7, 11) is 0. The van der Waals surface area contributed by atoms with Crippen molar-refractivity contribution in [2.75, 3.05) is 0 Å². The summed E-state index contributed by atoms with van der Waals surface area (Å²) in [4.78, 5) is 0. The summed E-state index contributed by atoms with van der Waals surface area (Å²) in [6.07, 6.45) is 3.55. The molecule has 2 atom stereocenters. The first-order valence-electron chi connectivity index (χ1n) is 7.20. The maximum atomic E-state index is 12.4. The van der Waals surface area contributed by atoms with Crippen molar-refractivity contribution in [3.63, 3.8) is 0 Å². The number of para-hydroxylation sites is 1. The van der Waals surface area contributed by atoms with Crippen molar-refractivity contribution in [2.24, 2.45) is 5.41 Å². The summed E-state index contributed by atoms with van der Waals surface area (Å²) in [6, 6.07) is 7.42. The number of hydrogen-bond acceptors (Lipinski definition) is 2. The molecule has 0 radical (unpaired) electrons. The fraction of sp³-hybridized carbons (Fsp3) is 0.625. The maximum absolute atomic E-state index is 12.4. The number of halogens is 2. The Morgan fingerprint density at radius 2 is 2.00 bits per heavy atom. The molecule has 0 bridgehead atoms. The van der Waals surface area contributed by atoms with Gasteiger partial charge in [-0.15, -0.1) is 0 Å². The minimum Gasteiger partial charge on any atom is -0.434 e. The van der Waals surface area contributed by atoms with Gasteiger partial charge < -0.3 is 10.1 Å². The zero-order valence-electron chi connectivity index (χ0n) is 12.3. The zero-order chi connectivity index (χ0) is 14.8. The van der Waals surface area contributed by atoms with Crippen molar-refractivity contribution in [3.05, 3.63) is 29.8 Å². The molecule has 1 aliphatic carbocycles. The van der Waals surface area contributed by atoms with E-state index in [-0.39, 0.29) is 17.2 Å². The number of alkyl halides is 2. The molecule has 1 aromatic rings. The fourth-order valence-corrected chi connectivity index (χ4v) is 3.07. The fourth-order valence-electron chi connectivity index (χ4n) is 3.07. The van der Waals surface area contributed by atoms with Crippen LogP contribution in [0.1, 0.15) is 51.6 Å². The summed E-state index contributed by atoms with van der Waals surface area (Å²) >= 11 is 0. The average Bonchev–Trinajstić information content (AvgIpc) is 2.68. The van der Waals surface area contributed by atoms with Crippen molar-refractivity contribution >= 4 is 0 Å². The van der Waals surface area contributed by atoms with Crippen molar-refractivity contribution in [1.29, 1.82) is 0 Å². The Labute approximate surface area is 119 Å². The lowest BCUT2D eigenvalue weighted by Crippen LogP contribution is -2.39. The molecule has 1 fully saturated rings. The molecule has 1 saturated carbocycles. The molecule has 1 aliphatic rings. The van der Waals surface area contributed by atoms with Gasteiger partial charge in [-0.05, 0) is 31.2 Å². The van der Waals surface area contributed by atoms with Gasteiger partial charge in [-0.25, -0.2) is 0 Å². The van der Waals surface area contributed by atoms with Gasteiger partial charge in [-0.3, -0.25) is 0 Å². The second-order valence-electron chi connectivity index (χ2n) is 6.24. The highest BCUT2D eigenvalue weighted by Gasteiger charge is 2.35. The molecule has 0 heterocycles. The van der Waals surface area contributed by atoms with Crippen LogP contribution < -0.4 is 10.1 Å². The topological polar surface area (TPSA) is 21.3 Å². The Morgan fingerprint density at radius 1 is 1.30 bits per heavy atom. The first kappa shape index (κ1) is 15.2. The van der Waals surface area contributed by atoms with Gasteiger partial charge in [0.05, 0.1) is 0 Å². The summed E-state index contributed by atoms with van der Waals surface area (Å²) < 4.78 is 29.5. The van der Waals surface area contributed by atoms with Crippen LogP contribution >= 0.6 is 0 Å². The number of benzene rings is 1. The molecule has 2 unspecified atom stereocenters. The Hall–Kier alpha value is -1.16. The molecule has 2 rings (SSSR count). The molecule has 0 spiro atoms.